The quantitative estimate of drug-likeness (QED) is 0.657. The van der Waals surface area contributed by atoms with Crippen LogP contribution < -0.4 is 16.6 Å². The molecule has 2 N–H and O–H groups in total. The molecular formula is C10H15N3O2. The number of aromatic nitrogens is 2. The maximum absolute atomic E-state index is 11.4. The molecule has 0 atom stereocenters. The molecule has 0 saturated carbocycles. The molecule has 0 aliphatic carbocycles. The third kappa shape index (κ3) is 2.02. The van der Waals surface area contributed by atoms with Gasteiger partial charge in [0.15, 0.2) is 0 Å². The first-order valence-corrected chi connectivity index (χ1v) is 5.19. The fourth-order valence-corrected chi connectivity index (χ4v) is 2.08. The lowest BCUT2D eigenvalue weighted by Gasteiger charge is -2.24. The first-order chi connectivity index (χ1) is 7.18. The van der Waals surface area contributed by atoms with Crippen LogP contribution in [0.4, 0.5) is 0 Å². The van der Waals surface area contributed by atoms with Gasteiger partial charge in [-0.3, -0.25) is 9.78 Å². The highest BCUT2D eigenvalue weighted by molar-refractivity contribution is 5.09. The monoisotopic (exact) mass is 209 g/mol. The summed E-state index contributed by atoms with van der Waals surface area (Å²) in [5, 5.41) is 3.26. The zero-order valence-corrected chi connectivity index (χ0v) is 8.75. The van der Waals surface area contributed by atoms with Gasteiger partial charge in [0.1, 0.15) is 0 Å². The molecule has 2 rings (SSSR count). The topological polar surface area (TPSA) is 66.9 Å². The highest BCUT2D eigenvalue weighted by atomic mass is 16.2. The second-order valence-corrected chi connectivity index (χ2v) is 3.95. The molecule has 0 radical (unpaired) electrons. The van der Waals surface area contributed by atoms with Gasteiger partial charge in [-0.2, -0.15) is 0 Å². The van der Waals surface area contributed by atoms with Crippen molar-refractivity contribution in [1.82, 2.24) is 14.9 Å². The third-order valence-corrected chi connectivity index (χ3v) is 2.96. The maximum atomic E-state index is 11.4. The Morgan fingerprint density at radius 3 is 2.67 bits per heavy atom. The van der Waals surface area contributed by atoms with Crippen LogP contribution in [-0.2, 0) is 7.05 Å². The first-order valence-electron chi connectivity index (χ1n) is 5.19. The van der Waals surface area contributed by atoms with Gasteiger partial charge in [-0.05, 0) is 25.9 Å². The van der Waals surface area contributed by atoms with Gasteiger partial charge in [0.25, 0.3) is 5.56 Å². The van der Waals surface area contributed by atoms with Crippen molar-refractivity contribution in [3.63, 3.8) is 0 Å². The van der Waals surface area contributed by atoms with E-state index in [0.717, 1.165) is 31.6 Å². The number of aromatic amines is 1. The molecule has 82 valence electrons. The van der Waals surface area contributed by atoms with E-state index >= 15 is 0 Å². The van der Waals surface area contributed by atoms with E-state index < -0.39 is 0 Å². The minimum atomic E-state index is -0.323. The molecule has 0 bridgehead atoms. The molecule has 0 spiro atoms. The van der Waals surface area contributed by atoms with Crippen LogP contribution in [0.5, 0.6) is 0 Å². The molecule has 0 amide bonds. The minimum Gasteiger partial charge on any atom is -0.317 e. The Morgan fingerprint density at radius 2 is 2.00 bits per heavy atom. The van der Waals surface area contributed by atoms with E-state index in [-0.39, 0.29) is 11.2 Å². The summed E-state index contributed by atoms with van der Waals surface area (Å²) >= 11 is 0. The first kappa shape index (κ1) is 10.2. The molecule has 1 aromatic heterocycles. The average molecular weight is 209 g/mol. The lowest BCUT2D eigenvalue weighted by molar-refractivity contribution is 0.439. The Bertz CT molecular complexity index is 454. The maximum Gasteiger partial charge on any atom is 0.328 e. The Hall–Kier alpha value is -1.36. The highest BCUT2D eigenvalue weighted by Gasteiger charge is 2.18. The summed E-state index contributed by atoms with van der Waals surface area (Å²) in [5.41, 5.74) is 0.230. The van der Waals surface area contributed by atoms with E-state index in [0.29, 0.717) is 5.92 Å². The number of rotatable bonds is 1. The Labute approximate surface area is 87.1 Å². The summed E-state index contributed by atoms with van der Waals surface area (Å²) in [6, 6.07) is 1.54. The van der Waals surface area contributed by atoms with Crippen molar-refractivity contribution < 1.29 is 0 Å². The van der Waals surface area contributed by atoms with E-state index in [1.165, 1.54) is 10.6 Å². The van der Waals surface area contributed by atoms with Crippen LogP contribution in [-0.4, -0.2) is 22.6 Å². The van der Waals surface area contributed by atoms with Gasteiger partial charge in [0.2, 0.25) is 0 Å². The summed E-state index contributed by atoms with van der Waals surface area (Å²) < 4.78 is 1.54. The summed E-state index contributed by atoms with van der Waals surface area (Å²) in [4.78, 5) is 24.9. The van der Waals surface area contributed by atoms with Crippen LogP contribution in [0.25, 0.3) is 0 Å². The Kier molecular flexibility index (Phi) is 2.73. The molecule has 5 heteroatoms. The van der Waals surface area contributed by atoms with Gasteiger partial charge in [-0.1, -0.05) is 0 Å². The van der Waals surface area contributed by atoms with E-state index in [4.69, 9.17) is 0 Å². The van der Waals surface area contributed by atoms with Crippen molar-refractivity contribution in [3.05, 3.63) is 32.6 Å². The molecule has 5 nitrogen and oxygen atoms in total. The lowest BCUT2D eigenvalue weighted by atomic mass is 9.94. The number of hydrogen-bond donors (Lipinski definition) is 2. The molecule has 0 aromatic carbocycles. The van der Waals surface area contributed by atoms with Gasteiger partial charge in [0.05, 0.1) is 0 Å². The summed E-state index contributed by atoms with van der Waals surface area (Å²) in [6.45, 7) is 1.90. The second-order valence-electron chi connectivity index (χ2n) is 3.95. The summed E-state index contributed by atoms with van der Waals surface area (Å²) in [7, 11) is 1.70. The normalized spacial score (nSPS) is 17.9. The molecule has 0 unspecified atom stereocenters. The molecular weight excluding hydrogens is 194 g/mol. The predicted octanol–water partition coefficient (Wildman–Crippen LogP) is -0.459. The van der Waals surface area contributed by atoms with Crippen LogP contribution in [0.15, 0.2) is 15.7 Å². The van der Waals surface area contributed by atoms with Crippen molar-refractivity contribution in [1.29, 1.82) is 0 Å². The summed E-state index contributed by atoms with van der Waals surface area (Å²) in [6.07, 6.45) is 1.97. The number of H-pyrrole nitrogens is 1. The molecule has 1 aliphatic rings. The van der Waals surface area contributed by atoms with Crippen molar-refractivity contribution >= 4 is 0 Å². The predicted molar refractivity (Wildman–Crippen MR) is 57.1 cm³/mol. The number of nitrogens with one attached hydrogen (secondary N) is 2. The second kappa shape index (κ2) is 4.02. The van der Waals surface area contributed by atoms with Crippen molar-refractivity contribution in [2.75, 3.05) is 13.1 Å². The Balaban J connectivity index is 2.42. The molecule has 1 aromatic rings. The minimum absolute atomic E-state index is 0.299. The van der Waals surface area contributed by atoms with E-state index in [1.807, 2.05) is 0 Å². The van der Waals surface area contributed by atoms with Crippen LogP contribution >= 0.6 is 0 Å². The lowest BCUT2D eigenvalue weighted by Crippen LogP contribution is -2.34. The van der Waals surface area contributed by atoms with Gasteiger partial charge in [-0.25, -0.2) is 4.79 Å². The fourth-order valence-electron chi connectivity index (χ4n) is 2.08. The van der Waals surface area contributed by atoms with Crippen LogP contribution in [0.2, 0.25) is 0 Å². The van der Waals surface area contributed by atoms with E-state index in [1.54, 1.807) is 7.05 Å². The van der Waals surface area contributed by atoms with Crippen molar-refractivity contribution in [3.8, 4) is 0 Å². The summed E-state index contributed by atoms with van der Waals surface area (Å²) in [5.74, 6) is 0.325. The fraction of sp³-hybridized carbons (Fsp3) is 0.600. The zero-order valence-electron chi connectivity index (χ0n) is 8.75. The Morgan fingerprint density at radius 1 is 1.33 bits per heavy atom. The van der Waals surface area contributed by atoms with Crippen LogP contribution in [0.1, 0.15) is 24.5 Å². The van der Waals surface area contributed by atoms with Gasteiger partial charge >= 0.3 is 5.69 Å². The van der Waals surface area contributed by atoms with E-state index in [2.05, 4.69) is 10.3 Å². The number of piperidine rings is 1. The molecule has 2 heterocycles. The molecule has 1 aliphatic heterocycles. The standard InChI is InChI=1S/C10H15N3O2/c1-13-8(6-9(14)12-10(13)15)7-2-4-11-5-3-7/h6-7,11H,2-5H2,1H3,(H,12,14,15). The van der Waals surface area contributed by atoms with Crippen molar-refractivity contribution in [2.45, 2.75) is 18.8 Å². The zero-order chi connectivity index (χ0) is 10.8. The van der Waals surface area contributed by atoms with Gasteiger partial charge in [0, 0.05) is 24.7 Å². The van der Waals surface area contributed by atoms with Crippen molar-refractivity contribution in [2.24, 2.45) is 7.05 Å². The van der Waals surface area contributed by atoms with Crippen LogP contribution in [0, 0.1) is 0 Å². The molecule has 15 heavy (non-hydrogen) atoms. The average Bonchev–Trinajstić information content (AvgIpc) is 2.24. The third-order valence-electron chi connectivity index (χ3n) is 2.96. The smallest absolute Gasteiger partial charge is 0.317 e. The van der Waals surface area contributed by atoms with Gasteiger partial charge in [-0.15, -0.1) is 0 Å². The SMILES string of the molecule is Cn1c(C2CCNCC2)cc(=O)[nH]c1=O. The van der Waals surface area contributed by atoms with E-state index in [9.17, 15) is 9.59 Å². The number of hydrogen-bond acceptors (Lipinski definition) is 3. The van der Waals surface area contributed by atoms with Gasteiger partial charge < -0.3 is 9.88 Å². The largest absolute Gasteiger partial charge is 0.328 e. The van der Waals surface area contributed by atoms with Crippen LogP contribution in [0.3, 0.4) is 0 Å². The molecule has 1 fully saturated rings. The number of nitrogens with zero attached hydrogens (tertiary/aromatic N) is 1. The highest BCUT2D eigenvalue weighted by Crippen LogP contribution is 2.22. The molecule has 1 saturated heterocycles.